The first kappa shape index (κ1) is 17.1. The van der Waals surface area contributed by atoms with Crippen LogP contribution < -0.4 is 10.5 Å². The van der Waals surface area contributed by atoms with Crippen LogP contribution in [0, 0.1) is 0 Å². The summed E-state index contributed by atoms with van der Waals surface area (Å²) in [6, 6.07) is 8.15. The minimum atomic E-state index is -0.530. The Balaban J connectivity index is 1.76. The Morgan fingerprint density at radius 1 is 1.31 bits per heavy atom. The molecule has 1 aromatic carbocycles. The van der Waals surface area contributed by atoms with E-state index in [9.17, 15) is 0 Å². The van der Waals surface area contributed by atoms with Gasteiger partial charge in [0, 0.05) is 50.1 Å². The van der Waals surface area contributed by atoms with Crippen LogP contribution in [-0.4, -0.2) is 37.4 Å². The number of hydrogen-bond donors (Lipinski definition) is 1. The molecule has 0 unspecified atom stereocenters. The van der Waals surface area contributed by atoms with Crippen molar-refractivity contribution >= 4 is 17.6 Å². The van der Waals surface area contributed by atoms with Crippen molar-refractivity contribution in [2.45, 2.75) is 24.5 Å². The molecule has 6 nitrogen and oxygen atoms in total. The quantitative estimate of drug-likeness (QED) is 0.890. The van der Waals surface area contributed by atoms with Crippen LogP contribution in [0.25, 0.3) is 11.1 Å². The van der Waals surface area contributed by atoms with Crippen molar-refractivity contribution in [1.82, 2.24) is 4.98 Å². The molecule has 0 saturated heterocycles. The van der Waals surface area contributed by atoms with E-state index in [1.165, 1.54) is 0 Å². The van der Waals surface area contributed by atoms with Gasteiger partial charge in [0.05, 0.1) is 5.02 Å². The van der Waals surface area contributed by atoms with Crippen LogP contribution >= 0.6 is 11.6 Å². The molecule has 1 aromatic heterocycles. The number of pyridine rings is 1. The molecule has 1 spiro atoms. The molecule has 0 amide bonds. The number of ether oxygens (including phenoxy) is 3. The molecule has 0 aliphatic carbocycles. The highest BCUT2D eigenvalue weighted by Gasteiger charge is 2.46. The number of halogens is 1. The highest BCUT2D eigenvalue weighted by molar-refractivity contribution is 6.30. The van der Waals surface area contributed by atoms with Crippen LogP contribution in [0.1, 0.15) is 18.4 Å². The molecule has 26 heavy (non-hydrogen) atoms. The molecule has 3 heterocycles. The van der Waals surface area contributed by atoms with E-state index < -0.39 is 5.54 Å². The van der Waals surface area contributed by atoms with E-state index in [-0.39, 0.29) is 12.1 Å². The van der Waals surface area contributed by atoms with Gasteiger partial charge in [0.25, 0.3) is 6.02 Å². The van der Waals surface area contributed by atoms with Crippen molar-refractivity contribution in [3.05, 3.63) is 47.2 Å². The monoisotopic (exact) mass is 373 g/mol. The molecular formula is C19H20ClN3O3. The normalized spacial score (nSPS) is 23.9. The van der Waals surface area contributed by atoms with Gasteiger partial charge in [-0.3, -0.25) is 4.98 Å². The second-order valence-corrected chi connectivity index (χ2v) is 7.03. The first-order chi connectivity index (χ1) is 12.6. The average Bonchev–Trinajstić information content (AvgIpc) is 3.01. The van der Waals surface area contributed by atoms with E-state index in [1.54, 1.807) is 19.5 Å². The number of aromatic nitrogens is 1. The van der Waals surface area contributed by atoms with E-state index in [0.717, 1.165) is 28.9 Å². The van der Waals surface area contributed by atoms with E-state index in [1.807, 2.05) is 18.2 Å². The number of fused-ring (bicyclic) bond motifs is 2. The number of nitrogens with two attached hydrogens (primary N) is 1. The fourth-order valence-corrected chi connectivity index (χ4v) is 3.75. The molecule has 7 heteroatoms. The summed E-state index contributed by atoms with van der Waals surface area (Å²) >= 11 is 6.09. The maximum Gasteiger partial charge on any atom is 0.283 e. The summed E-state index contributed by atoms with van der Waals surface area (Å²) in [7, 11) is 1.69. The Morgan fingerprint density at radius 2 is 2.19 bits per heavy atom. The Kier molecular flexibility index (Phi) is 4.46. The molecular weight excluding hydrogens is 354 g/mol. The number of benzene rings is 1. The molecule has 0 radical (unpaired) electrons. The molecule has 136 valence electrons. The molecule has 2 N–H and O–H groups in total. The van der Waals surface area contributed by atoms with Crippen LogP contribution in [0.5, 0.6) is 5.75 Å². The summed E-state index contributed by atoms with van der Waals surface area (Å²) in [5.74, 6) is 0.804. The summed E-state index contributed by atoms with van der Waals surface area (Å²) in [4.78, 5) is 8.81. The van der Waals surface area contributed by atoms with Crippen molar-refractivity contribution in [2.75, 3.05) is 20.3 Å². The number of methoxy groups -OCH3 is 1. The van der Waals surface area contributed by atoms with Gasteiger partial charge in [0.1, 0.15) is 24.0 Å². The topological polar surface area (TPSA) is 79.0 Å². The van der Waals surface area contributed by atoms with Gasteiger partial charge in [-0.05, 0) is 23.8 Å². The zero-order valence-electron chi connectivity index (χ0n) is 14.4. The molecule has 2 atom stereocenters. The lowest BCUT2D eigenvalue weighted by atomic mass is 9.81. The fraction of sp³-hybridized carbons (Fsp3) is 0.368. The van der Waals surface area contributed by atoms with Gasteiger partial charge in [-0.15, -0.1) is 0 Å². The standard InChI is InChI=1S/C19H20ClN3O3/c1-24-5-4-15-8-19(11-25-18(21)23-19)16-7-12(2-3-17(16)26-15)13-6-14(20)10-22-9-13/h2-3,6-7,9-10,15H,4-5,8,11H2,1H3,(H2,21,23)/t15-,19+/m0/s1. The van der Waals surface area contributed by atoms with Gasteiger partial charge in [0.2, 0.25) is 0 Å². The second kappa shape index (κ2) is 6.78. The Hall–Kier alpha value is -2.31. The van der Waals surface area contributed by atoms with Gasteiger partial charge >= 0.3 is 0 Å². The zero-order valence-corrected chi connectivity index (χ0v) is 15.2. The predicted octanol–water partition coefficient (Wildman–Crippen LogP) is 3.13. The largest absolute Gasteiger partial charge is 0.490 e. The number of amidine groups is 1. The maximum absolute atomic E-state index is 6.18. The van der Waals surface area contributed by atoms with Crippen molar-refractivity contribution in [2.24, 2.45) is 10.7 Å². The van der Waals surface area contributed by atoms with Gasteiger partial charge in [0.15, 0.2) is 0 Å². The third-order valence-corrected chi connectivity index (χ3v) is 5.01. The molecule has 0 fully saturated rings. The van der Waals surface area contributed by atoms with E-state index in [4.69, 9.17) is 31.5 Å². The summed E-state index contributed by atoms with van der Waals surface area (Å²) in [6.45, 7) is 1.04. The van der Waals surface area contributed by atoms with Gasteiger partial charge < -0.3 is 19.9 Å². The second-order valence-electron chi connectivity index (χ2n) is 6.60. The number of hydrogen-bond acceptors (Lipinski definition) is 6. The third-order valence-electron chi connectivity index (χ3n) is 4.81. The van der Waals surface area contributed by atoms with Crippen LogP contribution in [-0.2, 0) is 15.0 Å². The van der Waals surface area contributed by atoms with Crippen LogP contribution in [0.2, 0.25) is 5.02 Å². The van der Waals surface area contributed by atoms with Crippen LogP contribution in [0.15, 0.2) is 41.7 Å². The lowest BCUT2D eigenvalue weighted by molar-refractivity contribution is 0.0743. The lowest BCUT2D eigenvalue weighted by Crippen LogP contribution is -2.39. The molecule has 0 saturated carbocycles. The van der Waals surface area contributed by atoms with Crippen molar-refractivity contribution in [1.29, 1.82) is 0 Å². The minimum Gasteiger partial charge on any atom is -0.490 e. The number of nitrogens with zero attached hydrogens (tertiary/aromatic N) is 2. The van der Waals surface area contributed by atoms with E-state index in [0.29, 0.717) is 24.7 Å². The van der Waals surface area contributed by atoms with Crippen LogP contribution in [0.3, 0.4) is 0 Å². The van der Waals surface area contributed by atoms with Crippen molar-refractivity contribution in [3.63, 3.8) is 0 Å². The van der Waals surface area contributed by atoms with Crippen LogP contribution in [0.4, 0.5) is 0 Å². The molecule has 4 rings (SSSR count). The van der Waals surface area contributed by atoms with Gasteiger partial charge in [-0.1, -0.05) is 17.7 Å². The predicted molar refractivity (Wildman–Crippen MR) is 99.5 cm³/mol. The SMILES string of the molecule is COCC[C@H]1C[C@@]2(COC(N)=N2)c2cc(-c3cncc(Cl)c3)ccc2O1. The third kappa shape index (κ3) is 3.10. The van der Waals surface area contributed by atoms with Gasteiger partial charge in [-0.25, -0.2) is 4.99 Å². The molecule has 0 bridgehead atoms. The summed E-state index contributed by atoms with van der Waals surface area (Å²) in [6.07, 6.45) is 4.88. The zero-order chi connectivity index (χ0) is 18.1. The van der Waals surface area contributed by atoms with E-state index in [2.05, 4.69) is 16.0 Å². The van der Waals surface area contributed by atoms with E-state index >= 15 is 0 Å². The minimum absolute atomic E-state index is 0.000568. The fourth-order valence-electron chi connectivity index (χ4n) is 3.58. The smallest absolute Gasteiger partial charge is 0.283 e. The number of aliphatic imine (C=N–C) groups is 1. The Labute approximate surface area is 156 Å². The first-order valence-electron chi connectivity index (χ1n) is 8.49. The molecule has 2 aromatic rings. The maximum atomic E-state index is 6.18. The Morgan fingerprint density at radius 3 is 2.92 bits per heavy atom. The highest BCUT2D eigenvalue weighted by atomic mass is 35.5. The van der Waals surface area contributed by atoms with Gasteiger partial charge in [-0.2, -0.15) is 0 Å². The first-order valence-corrected chi connectivity index (χ1v) is 8.87. The summed E-state index contributed by atoms with van der Waals surface area (Å²) < 4.78 is 16.9. The summed E-state index contributed by atoms with van der Waals surface area (Å²) in [5.41, 5.74) is 8.23. The molecule has 2 aliphatic rings. The lowest BCUT2D eigenvalue weighted by Gasteiger charge is -2.37. The number of rotatable bonds is 4. The molecule has 2 aliphatic heterocycles. The Bertz CT molecular complexity index is 858. The van der Waals surface area contributed by atoms with Crippen molar-refractivity contribution in [3.8, 4) is 16.9 Å². The van der Waals surface area contributed by atoms with Crippen molar-refractivity contribution < 1.29 is 14.2 Å². The summed E-state index contributed by atoms with van der Waals surface area (Å²) in [5, 5.41) is 0.595. The average molecular weight is 374 g/mol. The highest BCUT2D eigenvalue weighted by Crippen LogP contribution is 2.46.